The van der Waals surface area contributed by atoms with Crippen LogP contribution in [0.5, 0.6) is 0 Å². The lowest BCUT2D eigenvalue weighted by molar-refractivity contribution is -0.150. The van der Waals surface area contributed by atoms with Gasteiger partial charge < -0.3 is 15.1 Å². The van der Waals surface area contributed by atoms with Crippen LogP contribution in [0.2, 0.25) is 0 Å². The Labute approximate surface area is 164 Å². The monoisotopic (exact) mass is 375 g/mol. The fraction of sp³-hybridized carbons (Fsp3) is 0.909. The lowest BCUT2D eigenvalue weighted by atomic mass is 9.49. The molecule has 0 unspecified atom stereocenters. The number of nitrogens with one attached hydrogen (secondary N) is 1. The number of rotatable bonds is 5. The van der Waals surface area contributed by atoms with Crippen molar-refractivity contribution in [3.05, 3.63) is 0 Å². The summed E-state index contributed by atoms with van der Waals surface area (Å²) in [6, 6.07) is -0.353. The number of carbonyl (C=O) groups is 2. The minimum Gasteiger partial charge on any atom is -0.344 e. The van der Waals surface area contributed by atoms with E-state index in [0.29, 0.717) is 5.92 Å². The first-order chi connectivity index (χ1) is 12.8. The minimum absolute atomic E-state index is 0.134. The summed E-state index contributed by atoms with van der Waals surface area (Å²) in [4.78, 5) is 30.9. The van der Waals surface area contributed by atoms with Crippen molar-refractivity contribution in [2.45, 2.75) is 64.8 Å². The van der Waals surface area contributed by atoms with Crippen molar-refractivity contribution in [2.24, 2.45) is 29.1 Å². The lowest BCUT2D eigenvalue weighted by Gasteiger charge is -2.55. The third-order valence-corrected chi connectivity index (χ3v) is 7.65. The Bertz CT molecular complexity index is 545. The first-order valence-electron chi connectivity index (χ1n) is 11.1. The van der Waals surface area contributed by atoms with E-state index in [4.69, 9.17) is 0 Å². The summed E-state index contributed by atoms with van der Waals surface area (Å²) in [6.07, 6.45) is 7.92. The molecule has 27 heavy (non-hydrogen) atoms. The number of amides is 2. The molecule has 5 aliphatic rings. The molecule has 2 amide bonds. The molecule has 1 saturated heterocycles. The predicted molar refractivity (Wildman–Crippen MR) is 106 cm³/mol. The first kappa shape index (κ1) is 19.2. The standard InChI is InChI=1S/C22H37N3O2/c1-15(2)8-19(20(26)25-6-4-24(3)5-7-25)23-21(27)22-12-16-9-17(13-22)11-18(10-16)14-22/h15-19H,4-14H2,1-3H3,(H,23,27)/t16?,17?,18?,19-,22?/m0/s1. The van der Waals surface area contributed by atoms with Crippen molar-refractivity contribution < 1.29 is 9.59 Å². The highest BCUT2D eigenvalue weighted by atomic mass is 16.2. The third kappa shape index (κ3) is 3.90. The van der Waals surface area contributed by atoms with Crippen LogP contribution in [0, 0.1) is 29.1 Å². The molecule has 4 aliphatic carbocycles. The Morgan fingerprint density at radius 2 is 1.48 bits per heavy atom. The van der Waals surface area contributed by atoms with Crippen molar-refractivity contribution in [1.82, 2.24) is 15.1 Å². The molecular formula is C22H37N3O2. The highest BCUT2D eigenvalue weighted by molar-refractivity contribution is 5.90. The highest BCUT2D eigenvalue weighted by Crippen LogP contribution is 2.60. The van der Waals surface area contributed by atoms with Crippen molar-refractivity contribution in [3.63, 3.8) is 0 Å². The van der Waals surface area contributed by atoms with Crippen molar-refractivity contribution in [3.8, 4) is 0 Å². The van der Waals surface area contributed by atoms with Gasteiger partial charge in [-0.2, -0.15) is 0 Å². The zero-order valence-corrected chi connectivity index (χ0v) is 17.4. The van der Waals surface area contributed by atoms with Crippen LogP contribution in [0.1, 0.15) is 58.8 Å². The molecule has 1 N–H and O–H groups in total. The molecular weight excluding hydrogens is 338 g/mol. The van der Waals surface area contributed by atoms with Crippen LogP contribution in [0.25, 0.3) is 0 Å². The molecule has 152 valence electrons. The molecule has 1 aliphatic heterocycles. The molecule has 4 saturated carbocycles. The molecule has 0 aromatic rings. The van der Waals surface area contributed by atoms with Gasteiger partial charge in [-0.25, -0.2) is 0 Å². The van der Waals surface area contributed by atoms with E-state index in [1.165, 1.54) is 19.3 Å². The zero-order valence-electron chi connectivity index (χ0n) is 17.4. The predicted octanol–water partition coefficient (Wildman–Crippen LogP) is 2.51. The summed E-state index contributed by atoms with van der Waals surface area (Å²) in [5.74, 6) is 2.96. The minimum atomic E-state index is -0.353. The van der Waals surface area contributed by atoms with E-state index < -0.39 is 0 Å². The SMILES string of the molecule is CC(C)C[C@H](NC(=O)C12CC3CC(CC(C3)C1)C2)C(=O)N1CCN(C)CC1. The van der Waals surface area contributed by atoms with Crippen molar-refractivity contribution in [2.75, 3.05) is 33.2 Å². The van der Waals surface area contributed by atoms with Crippen LogP contribution in [-0.4, -0.2) is 60.9 Å². The van der Waals surface area contributed by atoms with E-state index in [1.54, 1.807) is 0 Å². The molecule has 5 heteroatoms. The quantitative estimate of drug-likeness (QED) is 0.803. The van der Waals surface area contributed by atoms with Gasteiger partial charge in [-0.05, 0) is 75.7 Å². The van der Waals surface area contributed by atoms with Crippen LogP contribution in [0.4, 0.5) is 0 Å². The molecule has 0 spiro atoms. The van der Waals surface area contributed by atoms with E-state index >= 15 is 0 Å². The van der Waals surface area contributed by atoms with Crippen LogP contribution in [0.3, 0.4) is 0 Å². The summed E-state index contributed by atoms with van der Waals surface area (Å²) < 4.78 is 0. The Morgan fingerprint density at radius 3 is 1.96 bits per heavy atom. The normalized spacial score (nSPS) is 36.9. The topological polar surface area (TPSA) is 52.7 Å². The number of hydrogen-bond acceptors (Lipinski definition) is 3. The second-order valence-corrected chi connectivity index (χ2v) is 10.5. The maximum Gasteiger partial charge on any atom is 0.245 e. The summed E-state index contributed by atoms with van der Waals surface area (Å²) in [5, 5.41) is 3.27. The third-order valence-electron chi connectivity index (χ3n) is 7.65. The van der Waals surface area contributed by atoms with E-state index in [9.17, 15) is 9.59 Å². The van der Waals surface area contributed by atoms with E-state index in [2.05, 4.69) is 31.1 Å². The molecule has 5 nitrogen and oxygen atoms in total. The Balaban J connectivity index is 1.45. The van der Waals surface area contributed by atoms with Gasteiger partial charge in [0.05, 0.1) is 0 Å². The van der Waals surface area contributed by atoms with Gasteiger partial charge in [0.2, 0.25) is 11.8 Å². The number of carbonyl (C=O) groups excluding carboxylic acids is 2. The second-order valence-electron chi connectivity index (χ2n) is 10.5. The number of piperazine rings is 1. The average molecular weight is 376 g/mol. The second kappa shape index (κ2) is 7.38. The highest BCUT2D eigenvalue weighted by Gasteiger charge is 2.55. The van der Waals surface area contributed by atoms with E-state index in [-0.39, 0.29) is 23.3 Å². The van der Waals surface area contributed by atoms with Gasteiger partial charge >= 0.3 is 0 Å². The lowest BCUT2D eigenvalue weighted by Crippen LogP contribution is -2.59. The van der Waals surface area contributed by atoms with Crippen molar-refractivity contribution >= 4 is 11.8 Å². The maximum atomic E-state index is 13.4. The van der Waals surface area contributed by atoms with Gasteiger partial charge in [-0.3, -0.25) is 9.59 Å². The molecule has 5 rings (SSSR count). The Hall–Kier alpha value is -1.10. The summed E-state index contributed by atoms with van der Waals surface area (Å²) >= 11 is 0. The Morgan fingerprint density at radius 1 is 0.963 bits per heavy atom. The van der Waals surface area contributed by atoms with Gasteiger partial charge in [0, 0.05) is 31.6 Å². The average Bonchev–Trinajstić information content (AvgIpc) is 2.59. The Kier molecular flexibility index (Phi) is 5.26. The smallest absolute Gasteiger partial charge is 0.245 e. The molecule has 1 heterocycles. The van der Waals surface area contributed by atoms with E-state index in [1.807, 2.05) is 4.90 Å². The van der Waals surface area contributed by atoms with Gasteiger partial charge in [0.25, 0.3) is 0 Å². The van der Waals surface area contributed by atoms with Crippen LogP contribution < -0.4 is 5.32 Å². The molecule has 0 aromatic carbocycles. The fourth-order valence-electron chi connectivity index (χ4n) is 6.64. The molecule has 1 atom stereocenters. The number of nitrogens with zero attached hydrogens (tertiary/aromatic N) is 2. The van der Waals surface area contributed by atoms with Crippen molar-refractivity contribution in [1.29, 1.82) is 0 Å². The molecule has 4 bridgehead atoms. The van der Waals surface area contributed by atoms with Gasteiger partial charge in [-0.15, -0.1) is 0 Å². The van der Waals surface area contributed by atoms with Gasteiger partial charge in [-0.1, -0.05) is 13.8 Å². The number of likely N-dealkylation sites (N-methyl/N-ethyl adjacent to an activating group) is 1. The fourth-order valence-corrected chi connectivity index (χ4v) is 6.64. The summed E-state index contributed by atoms with van der Waals surface area (Å²) in [7, 11) is 2.10. The van der Waals surface area contributed by atoms with Crippen LogP contribution in [-0.2, 0) is 9.59 Å². The molecule has 0 radical (unpaired) electrons. The van der Waals surface area contributed by atoms with Crippen LogP contribution >= 0.6 is 0 Å². The maximum absolute atomic E-state index is 13.4. The summed E-state index contributed by atoms with van der Waals surface area (Å²) in [5.41, 5.74) is -0.174. The largest absolute Gasteiger partial charge is 0.344 e. The number of hydrogen-bond donors (Lipinski definition) is 1. The van der Waals surface area contributed by atoms with Gasteiger partial charge in [0.1, 0.15) is 6.04 Å². The first-order valence-corrected chi connectivity index (χ1v) is 11.1. The van der Waals surface area contributed by atoms with E-state index in [0.717, 1.165) is 69.6 Å². The molecule has 5 fully saturated rings. The zero-order chi connectivity index (χ0) is 19.2. The van der Waals surface area contributed by atoms with Crippen LogP contribution in [0.15, 0.2) is 0 Å². The summed E-state index contributed by atoms with van der Waals surface area (Å²) in [6.45, 7) is 7.67. The molecule has 0 aromatic heterocycles. The van der Waals surface area contributed by atoms with Gasteiger partial charge in [0.15, 0.2) is 0 Å².